The van der Waals surface area contributed by atoms with E-state index in [0.717, 1.165) is 24.1 Å². The van der Waals surface area contributed by atoms with Crippen molar-refractivity contribution in [1.82, 2.24) is 15.1 Å². The molecule has 7 heteroatoms. The maximum Gasteiger partial charge on any atom is 0.433 e. The molecule has 1 saturated heterocycles. The van der Waals surface area contributed by atoms with Crippen LogP contribution in [0.5, 0.6) is 0 Å². The SMILES string of the molecule is Cn1ncc(CNC[C@@H]2CCCO2)c1C(F)(F)F. The van der Waals surface area contributed by atoms with Gasteiger partial charge >= 0.3 is 6.18 Å². The first-order chi connectivity index (χ1) is 8.48. The highest BCUT2D eigenvalue weighted by Crippen LogP contribution is 2.31. The molecule has 1 aromatic heterocycles. The average molecular weight is 263 g/mol. The average Bonchev–Trinajstić information content (AvgIpc) is 2.87. The standard InChI is InChI=1S/C11H16F3N3O/c1-17-10(11(12,13)14)8(6-16-17)5-15-7-9-3-2-4-18-9/h6,9,15H,2-5,7H2,1H3/t9-/m0/s1. The van der Waals surface area contributed by atoms with Gasteiger partial charge in [0.05, 0.1) is 12.3 Å². The summed E-state index contributed by atoms with van der Waals surface area (Å²) in [7, 11) is 1.30. The molecule has 4 nitrogen and oxygen atoms in total. The molecule has 2 heterocycles. The van der Waals surface area contributed by atoms with Gasteiger partial charge in [-0.3, -0.25) is 4.68 Å². The van der Waals surface area contributed by atoms with Crippen LogP contribution in [-0.4, -0.2) is 29.0 Å². The van der Waals surface area contributed by atoms with Gasteiger partial charge in [0.1, 0.15) is 5.69 Å². The number of halogens is 3. The van der Waals surface area contributed by atoms with Crippen LogP contribution in [-0.2, 0) is 24.5 Å². The molecule has 0 aliphatic carbocycles. The number of ether oxygens (including phenoxy) is 1. The van der Waals surface area contributed by atoms with Crippen LogP contribution in [0.4, 0.5) is 13.2 Å². The molecule has 18 heavy (non-hydrogen) atoms. The quantitative estimate of drug-likeness (QED) is 0.898. The lowest BCUT2D eigenvalue weighted by atomic mass is 10.2. The van der Waals surface area contributed by atoms with Crippen molar-refractivity contribution in [2.45, 2.75) is 31.7 Å². The van der Waals surface area contributed by atoms with Gasteiger partial charge in [0.15, 0.2) is 0 Å². The Bertz CT molecular complexity index is 397. The topological polar surface area (TPSA) is 39.1 Å². The highest BCUT2D eigenvalue weighted by Gasteiger charge is 2.37. The maximum atomic E-state index is 12.8. The first-order valence-corrected chi connectivity index (χ1v) is 5.89. The Morgan fingerprint density at radius 2 is 2.33 bits per heavy atom. The number of aryl methyl sites for hydroxylation is 1. The van der Waals surface area contributed by atoms with E-state index in [0.29, 0.717) is 6.54 Å². The van der Waals surface area contributed by atoms with E-state index in [1.54, 1.807) is 0 Å². The number of rotatable bonds is 4. The Morgan fingerprint density at radius 3 is 2.94 bits per heavy atom. The molecule has 0 saturated carbocycles. The molecule has 1 aliphatic heterocycles. The zero-order valence-electron chi connectivity index (χ0n) is 10.1. The summed E-state index contributed by atoms with van der Waals surface area (Å²) in [6.45, 7) is 1.47. The van der Waals surface area contributed by atoms with Gasteiger partial charge in [-0.25, -0.2) is 0 Å². The molecular weight excluding hydrogens is 247 g/mol. The molecule has 102 valence electrons. The van der Waals surface area contributed by atoms with Gasteiger partial charge in [0, 0.05) is 32.3 Å². The monoisotopic (exact) mass is 263 g/mol. The van der Waals surface area contributed by atoms with Gasteiger partial charge in [0.2, 0.25) is 0 Å². The van der Waals surface area contributed by atoms with Crippen LogP contribution in [0.2, 0.25) is 0 Å². The molecule has 0 spiro atoms. The van der Waals surface area contributed by atoms with E-state index < -0.39 is 11.9 Å². The summed E-state index contributed by atoms with van der Waals surface area (Å²) in [5.74, 6) is 0. The summed E-state index contributed by atoms with van der Waals surface area (Å²) in [6.07, 6.45) is -1.01. The second-order valence-electron chi connectivity index (χ2n) is 4.41. The second-order valence-corrected chi connectivity index (χ2v) is 4.41. The molecule has 0 amide bonds. The van der Waals surface area contributed by atoms with Crippen molar-refractivity contribution < 1.29 is 17.9 Å². The predicted molar refractivity (Wildman–Crippen MR) is 58.9 cm³/mol. The van der Waals surface area contributed by atoms with Gasteiger partial charge in [-0.1, -0.05) is 0 Å². The van der Waals surface area contributed by atoms with Gasteiger partial charge in [-0.15, -0.1) is 0 Å². The summed E-state index contributed by atoms with van der Waals surface area (Å²) in [5.41, 5.74) is -0.523. The Labute approximate surface area is 103 Å². The summed E-state index contributed by atoms with van der Waals surface area (Å²) in [5, 5.41) is 6.65. The molecule has 0 unspecified atom stereocenters. The van der Waals surface area contributed by atoms with Crippen molar-refractivity contribution in [3.8, 4) is 0 Å². The van der Waals surface area contributed by atoms with Crippen molar-refractivity contribution in [3.63, 3.8) is 0 Å². The van der Waals surface area contributed by atoms with Crippen LogP contribution in [0.15, 0.2) is 6.20 Å². The number of hydrogen-bond donors (Lipinski definition) is 1. The minimum atomic E-state index is -4.37. The highest BCUT2D eigenvalue weighted by molar-refractivity contribution is 5.20. The fourth-order valence-electron chi connectivity index (χ4n) is 2.15. The summed E-state index contributed by atoms with van der Waals surface area (Å²) < 4.78 is 44.5. The van der Waals surface area contributed by atoms with Crippen LogP contribution in [0.1, 0.15) is 24.1 Å². The van der Waals surface area contributed by atoms with Gasteiger partial charge < -0.3 is 10.1 Å². The number of nitrogens with zero attached hydrogens (tertiary/aromatic N) is 2. The van der Waals surface area contributed by atoms with E-state index in [1.165, 1.54) is 13.2 Å². The Kier molecular flexibility index (Phi) is 3.91. The fourth-order valence-corrected chi connectivity index (χ4v) is 2.15. The molecule has 0 radical (unpaired) electrons. The largest absolute Gasteiger partial charge is 0.433 e. The molecule has 1 aliphatic rings. The Balaban J connectivity index is 1.93. The lowest BCUT2D eigenvalue weighted by Gasteiger charge is -2.12. The van der Waals surface area contributed by atoms with Crippen LogP contribution < -0.4 is 5.32 Å². The number of alkyl halides is 3. The zero-order valence-corrected chi connectivity index (χ0v) is 10.1. The van der Waals surface area contributed by atoms with Crippen molar-refractivity contribution >= 4 is 0 Å². The molecule has 1 N–H and O–H groups in total. The minimum Gasteiger partial charge on any atom is -0.377 e. The fraction of sp³-hybridized carbons (Fsp3) is 0.727. The van der Waals surface area contributed by atoms with Crippen molar-refractivity contribution in [3.05, 3.63) is 17.5 Å². The van der Waals surface area contributed by atoms with Crippen LogP contribution >= 0.6 is 0 Å². The summed E-state index contributed by atoms with van der Waals surface area (Å²) >= 11 is 0. The normalized spacial score (nSPS) is 20.6. The number of aromatic nitrogens is 2. The Hall–Kier alpha value is -1.08. The van der Waals surface area contributed by atoms with Crippen molar-refractivity contribution in [1.29, 1.82) is 0 Å². The first kappa shape index (κ1) is 13.4. The maximum absolute atomic E-state index is 12.8. The van der Waals surface area contributed by atoms with Gasteiger partial charge in [0.25, 0.3) is 0 Å². The summed E-state index contributed by atoms with van der Waals surface area (Å²) in [6, 6.07) is 0. The van der Waals surface area contributed by atoms with E-state index in [9.17, 15) is 13.2 Å². The van der Waals surface area contributed by atoms with E-state index >= 15 is 0 Å². The van der Waals surface area contributed by atoms with Crippen molar-refractivity contribution in [2.75, 3.05) is 13.2 Å². The van der Waals surface area contributed by atoms with Crippen molar-refractivity contribution in [2.24, 2.45) is 7.05 Å². The van der Waals surface area contributed by atoms with E-state index in [1.807, 2.05) is 0 Å². The van der Waals surface area contributed by atoms with E-state index in [2.05, 4.69) is 10.4 Å². The highest BCUT2D eigenvalue weighted by atomic mass is 19.4. The molecular formula is C11H16F3N3O. The smallest absolute Gasteiger partial charge is 0.377 e. The molecule has 1 fully saturated rings. The number of hydrogen-bond acceptors (Lipinski definition) is 3. The zero-order chi connectivity index (χ0) is 13.2. The predicted octanol–water partition coefficient (Wildman–Crippen LogP) is 1.71. The molecule has 2 rings (SSSR count). The third-order valence-corrected chi connectivity index (χ3v) is 2.99. The molecule has 1 aromatic rings. The molecule has 0 aromatic carbocycles. The first-order valence-electron chi connectivity index (χ1n) is 5.89. The summed E-state index contributed by atoms with van der Waals surface area (Å²) in [4.78, 5) is 0. The third kappa shape index (κ3) is 3.02. The lowest BCUT2D eigenvalue weighted by Crippen LogP contribution is -2.27. The minimum absolute atomic E-state index is 0.121. The molecule has 1 atom stereocenters. The van der Waals surface area contributed by atoms with Crippen LogP contribution in [0, 0.1) is 0 Å². The van der Waals surface area contributed by atoms with Gasteiger partial charge in [-0.05, 0) is 12.8 Å². The van der Waals surface area contributed by atoms with E-state index in [4.69, 9.17) is 4.74 Å². The third-order valence-electron chi connectivity index (χ3n) is 2.99. The Morgan fingerprint density at radius 1 is 1.56 bits per heavy atom. The van der Waals surface area contributed by atoms with E-state index in [-0.39, 0.29) is 18.2 Å². The van der Waals surface area contributed by atoms with Crippen LogP contribution in [0.3, 0.4) is 0 Å². The lowest BCUT2D eigenvalue weighted by molar-refractivity contribution is -0.144. The second kappa shape index (κ2) is 5.27. The van der Waals surface area contributed by atoms with Gasteiger partial charge in [-0.2, -0.15) is 18.3 Å². The number of nitrogens with one attached hydrogen (secondary N) is 1. The molecule has 0 bridgehead atoms. The van der Waals surface area contributed by atoms with Crippen LogP contribution in [0.25, 0.3) is 0 Å².